The number of rotatable bonds is 4. The maximum absolute atomic E-state index is 12.0. The molecular formula is C17H16N2O3. The lowest BCUT2D eigenvalue weighted by Crippen LogP contribution is -2.18. The largest absolute Gasteiger partial charge is 0.465 e. The molecule has 2 aromatic rings. The highest BCUT2D eigenvalue weighted by Gasteiger charge is 2.10. The fourth-order valence-electron chi connectivity index (χ4n) is 1.95. The molecule has 2 rings (SSSR count). The van der Waals surface area contributed by atoms with E-state index < -0.39 is 5.97 Å². The lowest BCUT2D eigenvalue weighted by molar-refractivity contribution is 0.0600. The summed E-state index contributed by atoms with van der Waals surface area (Å²) in [5.74, 6) is -0.753. The highest BCUT2D eigenvalue weighted by Crippen LogP contribution is 2.08. The molecule has 0 saturated heterocycles. The van der Waals surface area contributed by atoms with Gasteiger partial charge in [0.05, 0.1) is 18.9 Å². The number of hydrogen-bond acceptors (Lipinski definition) is 4. The van der Waals surface area contributed by atoms with E-state index in [4.69, 9.17) is 4.74 Å². The Kier molecular flexibility index (Phi) is 5.03. The third kappa shape index (κ3) is 3.58. The summed E-state index contributed by atoms with van der Waals surface area (Å²) in [6.07, 6.45) is 1.42. The molecule has 0 heterocycles. The third-order valence-electron chi connectivity index (χ3n) is 3.13. The summed E-state index contributed by atoms with van der Waals surface area (Å²) in [6, 6.07) is 14.1. The average Bonchev–Trinajstić information content (AvgIpc) is 2.55. The van der Waals surface area contributed by atoms with E-state index in [-0.39, 0.29) is 5.91 Å². The van der Waals surface area contributed by atoms with Crippen LogP contribution in [0.4, 0.5) is 0 Å². The first-order chi connectivity index (χ1) is 10.6. The van der Waals surface area contributed by atoms with Gasteiger partial charge in [-0.3, -0.25) is 4.79 Å². The molecule has 5 nitrogen and oxygen atoms in total. The van der Waals surface area contributed by atoms with Gasteiger partial charge in [-0.05, 0) is 24.6 Å². The summed E-state index contributed by atoms with van der Waals surface area (Å²) >= 11 is 0. The number of esters is 1. The fraction of sp³-hybridized carbons (Fsp3) is 0.118. The molecular weight excluding hydrogens is 280 g/mol. The number of hydrogen-bond donors (Lipinski definition) is 1. The van der Waals surface area contributed by atoms with Gasteiger partial charge in [0.1, 0.15) is 0 Å². The van der Waals surface area contributed by atoms with E-state index in [1.165, 1.54) is 13.3 Å². The van der Waals surface area contributed by atoms with Gasteiger partial charge >= 0.3 is 5.97 Å². The maximum atomic E-state index is 12.0. The Morgan fingerprint density at radius 2 is 1.68 bits per heavy atom. The van der Waals surface area contributed by atoms with Gasteiger partial charge in [0.25, 0.3) is 5.91 Å². The van der Waals surface area contributed by atoms with Gasteiger partial charge in [0.15, 0.2) is 0 Å². The first-order valence-corrected chi connectivity index (χ1v) is 6.70. The topological polar surface area (TPSA) is 67.8 Å². The van der Waals surface area contributed by atoms with Crippen molar-refractivity contribution < 1.29 is 14.3 Å². The molecule has 0 bridgehead atoms. The summed E-state index contributed by atoms with van der Waals surface area (Å²) in [4.78, 5) is 23.6. The fourth-order valence-corrected chi connectivity index (χ4v) is 1.95. The van der Waals surface area contributed by atoms with Crippen molar-refractivity contribution in [3.05, 3.63) is 70.8 Å². The zero-order valence-electron chi connectivity index (χ0n) is 12.4. The molecule has 1 amide bonds. The van der Waals surface area contributed by atoms with Crippen molar-refractivity contribution >= 4 is 18.1 Å². The number of aryl methyl sites for hydroxylation is 1. The Balaban J connectivity index is 2.12. The van der Waals surface area contributed by atoms with Crippen LogP contribution in [0.1, 0.15) is 31.8 Å². The molecule has 0 aromatic heterocycles. The minimum absolute atomic E-state index is 0.301. The molecule has 0 aliphatic heterocycles. The summed E-state index contributed by atoms with van der Waals surface area (Å²) in [6.45, 7) is 1.85. The first kappa shape index (κ1) is 15.4. The zero-order valence-corrected chi connectivity index (χ0v) is 12.4. The highest BCUT2D eigenvalue weighted by molar-refractivity contribution is 6.00. The number of nitrogens with zero attached hydrogens (tertiary/aromatic N) is 1. The summed E-state index contributed by atoms with van der Waals surface area (Å²) < 4.78 is 4.70. The van der Waals surface area contributed by atoms with E-state index in [9.17, 15) is 9.59 Å². The van der Waals surface area contributed by atoms with E-state index in [1.807, 2.05) is 19.1 Å². The number of carbonyl (C=O) groups excluding carboxylic acids is 2. The Labute approximate surface area is 128 Å². The van der Waals surface area contributed by atoms with Crippen molar-refractivity contribution in [1.29, 1.82) is 0 Å². The smallest absolute Gasteiger partial charge is 0.338 e. The number of benzene rings is 2. The van der Waals surface area contributed by atoms with Crippen LogP contribution in [-0.4, -0.2) is 25.2 Å². The van der Waals surface area contributed by atoms with Gasteiger partial charge in [-0.1, -0.05) is 36.4 Å². The molecule has 0 aliphatic carbocycles. The molecule has 0 spiro atoms. The van der Waals surface area contributed by atoms with Crippen LogP contribution in [0.15, 0.2) is 53.6 Å². The van der Waals surface area contributed by atoms with Crippen LogP contribution in [0, 0.1) is 6.92 Å². The van der Waals surface area contributed by atoms with Crippen LogP contribution in [-0.2, 0) is 4.74 Å². The maximum Gasteiger partial charge on any atom is 0.338 e. The molecule has 2 aromatic carbocycles. The Hall–Kier alpha value is -2.95. The summed E-state index contributed by atoms with van der Waals surface area (Å²) in [5.41, 5.74) is 4.83. The molecule has 22 heavy (non-hydrogen) atoms. The van der Waals surface area contributed by atoms with Gasteiger partial charge in [0, 0.05) is 11.1 Å². The molecule has 0 radical (unpaired) electrons. The lowest BCUT2D eigenvalue weighted by Gasteiger charge is -2.04. The van der Waals surface area contributed by atoms with Crippen molar-refractivity contribution in [1.82, 2.24) is 5.43 Å². The molecule has 0 fully saturated rings. The number of methoxy groups -OCH3 is 1. The molecule has 0 atom stereocenters. The Morgan fingerprint density at radius 3 is 2.36 bits per heavy atom. The van der Waals surface area contributed by atoms with Gasteiger partial charge in [-0.2, -0.15) is 5.10 Å². The predicted molar refractivity (Wildman–Crippen MR) is 84.0 cm³/mol. The minimum Gasteiger partial charge on any atom is -0.465 e. The molecule has 1 N–H and O–H groups in total. The van der Waals surface area contributed by atoms with Gasteiger partial charge in [-0.15, -0.1) is 0 Å². The summed E-state index contributed by atoms with van der Waals surface area (Å²) in [7, 11) is 1.32. The Bertz CT molecular complexity index is 723. The van der Waals surface area contributed by atoms with Crippen molar-refractivity contribution in [3.63, 3.8) is 0 Å². The molecule has 0 unspecified atom stereocenters. The number of hydrazone groups is 1. The van der Waals surface area contributed by atoms with Crippen LogP contribution >= 0.6 is 0 Å². The summed E-state index contributed by atoms with van der Waals surface area (Å²) in [5, 5.41) is 3.90. The number of ether oxygens (including phenoxy) is 1. The van der Waals surface area contributed by atoms with Crippen LogP contribution in [0.3, 0.4) is 0 Å². The minimum atomic E-state index is -0.452. The van der Waals surface area contributed by atoms with Gasteiger partial charge < -0.3 is 4.74 Å². The molecule has 112 valence electrons. The zero-order chi connectivity index (χ0) is 15.9. The monoisotopic (exact) mass is 296 g/mol. The molecule has 0 aliphatic rings. The van der Waals surface area contributed by atoms with Crippen LogP contribution in [0.2, 0.25) is 0 Å². The van der Waals surface area contributed by atoms with Crippen molar-refractivity contribution in [3.8, 4) is 0 Å². The quantitative estimate of drug-likeness (QED) is 0.535. The average molecular weight is 296 g/mol. The van der Waals surface area contributed by atoms with Gasteiger partial charge in [0.2, 0.25) is 0 Å². The second kappa shape index (κ2) is 7.17. The standard InChI is InChI=1S/C17H16N2O3/c1-12-7-3-5-9-14(12)16(20)19-18-11-13-8-4-6-10-15(13)17(21)22-2/h3-11H,1-2H3,(H,19,20)/b18-11-. The normalized spacial score (nSPS) is 10.5. The predicted octanol–water partition coefficient (Wildman–Crippen LogP) is 2.55. The highest BCUT2D eigenvalue weighted by atomic mass is 16.5. The van der Waals surface area contributed by atoms with Gasteiger partial charge in [-0.25, -0.2) is 10.2 Å². The van der Waals surface area contributed by atoms with E-state index in [2.05, 4.69) is 10.5 Å². The van der Waals surface area contributed by atoms with Crippen LogP contribution in [0.25, 0.3) is 0 Å². The molecule has 5 heteroatoms. The molecule has 0 saturated carbocycles. The lowest BCUT2D eigenvalue weighted by atomic mass is 10.1. The SMILES string of the molecule is COC(=O)c1ccccc1/C=N\NC(=O)c1ccccc1C. The van der Waals surface area contributed by atoms with Crippen molar-refractivity contribution in [2.24, 2.45) is 5.10 Å². The number of carbonyl (C=O) groups is 2. The second-order valence-electron chi connectivity index (χ2n) is 4.59. The first-order valence-electron chi connectivity index (χ1n) is 6.70. The van der Waals surface area contributed by atoms with E-state index in [0.29, 0.717) is 16.7 Å². The van der Waals surface area contributed by atoms with E-state index in [1.54, 1.807) is 36.4 Å². The van der Waals surface area contributed by atoms with Crippen LogP contribution in [0.5, 0.6) is 0 Å². The van der Waals surface area contributed by atoms with Crippen molar-refractivity contribution in [2.75, 3.05) is 7.11 Å². The van der Waals surface area contributed by atoms with Crippen molar-refractivity contribution in [2.45, 2.75) is 6.92 Å². The third-order valence-corrected chi connectivity index (χ3v) is 3.13. The van der Waals surface area contributed by atoms with E-state index in [0.717, 1.165) is 5.56 Å². The number of amides is 1. The number of nitrogens with one attached hydrogen (secondary N) is 1. The Morgan fingerprint density at radius 1 is 1.05 bits per heavy atom. The van der Waals surface area contributed by atoms with Crippen LogP contribution < -0.4 is 5.43 Å². The second-order valence-corrected chi connectivity index (χ2v) is 4.59. The van der Waals surface area contributed by atoms with E-state index >= 15 is 0 Å².